The van der Waals surface area contributed by atoms with Gasteiger partial charge in [0.05, 0.1) is 0 Å². The fourth-order valence-corrected chi connectivity index (χ4v) is 0.274. The summed E-state index contributed by atoms with van der Waals surface area (Å²) in [5.41, 5.74) is 0. The normalized spacial score (nSPS) is 12.4. The van der Waals surface area contributed by atoms with Crippen LogP contribution < -0.4 is 4.72 Å². The average Bonchev–Trinajstić information content (AvgIpc) is 1.65. The van der Waals surface area contributed by atoms with E-state index in [1.807, 2.05) is 0 Å². The molecule has 1 unspecified atom stereocenters. The summed E-state index contributed by atoms with van der Waals surface area (Å²) < 4.78 is 2.81. The van der Waals surface area contributed by atoms with E-state index in [2.05, 4.69) is 31.4 Å². The molecule has 0 amide bonds. The van der Waals surface area contributed by atoms with Gasteiger partial charge in [0.1, 0.15) is 0 Å². The van der Waals surface area contributed by atoms with Gasteiger partial charge in [0, 0.05) is 6.04 Å². The number of rotatable bonds is 2. The second kappa shape index (κ2) is 6.60. The van der Waals surface area contributed by atoms with Crippen molar-refractivity contribution in [2.24, 2.45) is 0 Å². The minimum atomic E-state index is 0. The van der Waals surface area contributed by atoms with Crippen LogP contribution in [0, 0.1) is 0 Å². The lowest BCUT2D eigenvalue weighted by molar-refractivity contribution is 0.672. The van der Waals surface area contributed by atoms with Crippen LogP contribution in [0.15, 0.2) is 0 Å². The van der Waals surface area contributed by atoms with Gasteiger partial charge in [-0.2, -0.15) is 0 Å². The molecule has 7 heavy (non-hydrogen) atoms. The summed E-state index contributed by atoms with van der Waals surface area (Å²) >= 11 is 3.85. The number of nitrogens with one attached hydrogen (secondary N) is 1. The van der Waals surface area contributed by atoms with Crippen molar-refractivity contribution in [3.63, 3.8) is 0 Å². The molecule has 0 spiro atoms. The van der Waals surface area contributed by atoms with Crippen LogP contribution in [0.4, 0.5) is 0 Å². The molecular weight excluding hydrogens is 130 g/mol. The number of hydrogen-bond donors (Lipinski definition) is 2. The molecule has 1 N–H and O–H groups in total. The molecule has 0 bridgehead atoms. The Kier molecular flexibility index (Phi) is 9.95. The van der Waals surface area contributed by atoms with Crippen molar-refractivity contribution in [1.82, 2.24) is 4.72 Å². The zero-order valence-electron chi connectivity index (χ0n) is 4.64. The molecule has 0 aliphatic carbocycles. The number of halogens is 1. The summed E-state index contributed by atoms with van der Waals surface area (Å²) in [6, 6.07) is 0.549. The Labute approximate surface area is 56.8 Å². The number of thiol groups is 1. The molecule has 0 rings (SSSR count). The second-order valence-electron chi connectivity index (χ2n) is 1.44. The van der Waals surface area contributed by atoms with Crippen LogP contribution in [0.25, 0.3) is 0 Å². The van der Waals surface area contributed by atoms with Crippen molar-refractivity contribution >= 4 is 25.2 Å². The monoisotopic (exact) mass is 141 g/mol. The first-order valence-electron chi connectivity index (χ1n) is 2.20. The van der Waals surface area contributed by atoms with Crippen LogP contribution in [-0.2, 0) is 0 Å². The van der Waals surface area contributed by atoms with Crippen molar-refractivity contribution < 1.29 is 0 Å². The van der Waals surface area contributed by atoms with Crippen LogP contribution in [0.2, 0.25) is 0 Å². The third-order valence-electron chi connectivity index (χ3n) is 0.833. The summed E-state index contributed by atoms with van der Waals surface area (Å²) in [4.78, 5) is 0. The molecule has 0 saturated heterocycles. The number of hydrogen-bond acceptors (Lipinski definition) is 2. The summed E-state index contributed by atoms with van der Waals surface area (Å²) in [6.45, 7) is 4.21. The van der Waals surface area contributed by atoms with Crippen LogP contribution in [0.5, 0.6) is 0 Å². The maximum atomic E-state index is 3.85. The van der Waals surface area contributed by atoms with Gasteiger partial charge in [-0.15, -0.1) is 12.4 Å². The third kappa shape index (κ3) is 6.60. The molecule has 0 aliphatic heterocycles. The minimum absolute atomic E-state index is 0. The molecule has 0 aromatic carbocycles. The Morgan fingerprint density at radius 1 is 1.71 bits per heavy atom. The molecule has 0 fully saturated rings. The maximum Gasteiger partial charge on any atom is 0.0138 e. The van der Waals surface area contributed by atoms with E-state index in [0.29, 0.717) is 6.04 Å². The van der Waals surface area contributed by atoms with Crippen molar-refractivity contribution in [2.45, 2.75) is 26.3 Å². The van der Waals surface area contributed by atoms with Gasteiger partial charge in [0.15, 0.2) is 0 Å². The lowest BCUT2D eigenvalue weighted by Gasteiger charge is -2.01. The zero-order valence-corrected chi connectivity index (χ0v) is 6.35. The first-order valence-corrected chi connectivity index (χ1v) is 2.65. The van der Waals surface area contributed by atoms with E-state index in [1.165, 1.54) is 0 Å². The molecular formula is C4H12ClNS. The van der Waals surface area contributed by atoms with Crippen molar-refractivity contribution in [3.05, 3.63) is 0 Å². The highest BCUT2D eigenvalue weighted by Crippen LogP contribution is 1.85. The molecule has 0 aliphatic rings. The van der Waals surface area contributed by atoms with Crippen LogP contribution in [0.3, 0.4) is 0 Å². The molecule has 1 nitrogen and oxygen atoms in total. The summed E-state index contributed by atoms with van der Waals surface area (Å²) in [5, 5.41) is 0. The Balaban J connectivity index is 0. The van der Waals surface area contributed by atoms with Crippen molar-refractivity contribution in [3.8, 4) is 0 Å². The molecule has 0 radical (unpaired) electrons. The topological polar surface area (TPSA) is 12.0 Å². The highest BCUT2D eigenvalue weighted by atomic mass is 35.5. The molecule has 0 heterocycles. The fourth-order valence-electron chi connectivity index (χ4n) is 0.0913. The fraction of sp³-hybridized carbons (Fsp3) is 1.00. The molecule has 0 aromatic heterocycles. The van der Waals surface area contributed by atoms with E-state index < -0.39 is 0 Å². The Hall–Kier alpha value is 0.600. The van der Waals surface area contributed by atoms with E-state index in [0.717, 1.165) is 6.42 Å². The van der Waals surface area contributed by atoms with Gasteiger partial charge in [-0.25, -0.2) is 0 Å². The minimum Gasteiger partial charge on any atom is -0.264 e. The lowest BCUT2D eigenvalue weighted by Crippen LogP contribution is -2.13. The van der Waals surface area contributed by atoms with Crippen LogP contribution in [0.1, 0.15) is 20.3 Å². The molecule has 3 heteroatoms. The van der Waals surface area contributed by atoms with Gasteiger partial charge in [-0.3, -0.25) is 4.72 Å². The highest BCUT2D eigenvalue weighted by molar-refractivity contribution is 7.78. The van der Waals surface area contributed by atoms with E-state index >= 15 is 0 Å². The van der Waals surface area contributed by atoms with Gasteiger partial charge in [-0.1, -0.05) is 19.7 Å². The van der Waals surface area contributed by atoms with E-state index in [4.69, 9.17) is 0 Å². The van der Waals surface area contributed by atoms with Gasteiger partial charge in [0.2, 0.25) is 0 Å². The SMILES string of the molecule is CCC(C)NS.Cl. The van der Waals surface area contributed by atoms with Crippen molar-refractivity contribution in [2.75, 3.05) is 0 Å². The van der Waals surface area contributed by atoms with Gasteiger partial charge < -0.3 is 0 Å². The zero-order chi connectivity index (χ0) is 4.99. The average molecular weight is 142 g/mol. The van der Waals surface area contributed by atoms with Crippen molar-refractivity contribution in [1.29, 1.82) is 0 Å². The standard InChI is InChI=1S/C4H11NS.ClH/c1-3-4(2)5-6;/h4-6H,3H2,1-2H3;1H. The Morgan fingerprint density at radius 3 is 2.14 bits per heavy atom. The molecule has 0 aromatic rings. The Bertz CT molecular complexity index is 30.9. The maximum absolute atomic E-state index is 3.85. The largest absolute Gasteiger partial charge is 0.264 e. The predicted octanol–water partition coefficient (Wildman–Crippen LogP) is 1.64. The van der Waals surface area contributed by atoms with Crippen LogP contribution in [-0.4, -0.2) is 6.04 Å². The molecule has 0 saturated carbocycles. The van der Waals surface area contributed by atoms with Gasteiger partial charge in [0.25, 0.3) is 0 Å². The highest BCUT2D eigenvalue weighted by Gasteiger charge is 1.87. The summed E-state index contributed by atoms with van der Waals surface area (Å²) in [5.74, 6) is 0. The van der Waals surface area contributed by atoms with Gasteiger partial charge >= 0.3 is 0 Å². The summed E-state index contributed by atoms with van der Waals surface area (Å²) in [6.07, 6.45) is 1.14. The van der Waals surface area contributed by atoms with E-state index in [1.54, 1.807) is 0 Å². The summed E-state index contributed by atoms with van der Waals surface area (Å²) in [7, 11) is 0. The second-order valence-corrected chi connectivity index (χ2v) is 1.70. The smallest absolute Gasteiger partial charge is 0.0138 e. The van der Waals surface area contributed by atoms with E-state index in [9.17, 15) is 0 Å². The predicted molar refractivity (Wildman–Crippen MR) is 39.1 cm³/mol. The Morgan fingerprint density at radius 2 is 2.14 bits per heavy atom. The molecule has 1 atom stereocenters. The molecule has 46 valence electrons. The third-order valence-corrected chi connectivity index (χ3v) is 1.27. The van der Waals surface area contributed by atoms with E-state index in [-0.39, 0.29) is 12.4 Å². The van der Waals surface area contributed by atoms with Gasteiger partial charge in [-0.05, 0) is 13.3 Å². The first kappa shape index (κ1) is 10.6. The lowest BCUT2D eigenvalue weighted by atomic mass is 10.3. The van der Waals surface area contributed by atoms with Crippen LogP contribution >= 0.6 is 25.2 Å². The quantitative estimate of drug-likeness (QED) is 0.558. The first-order chi connectivity index (χ1) is 2.81.